The van der Waals surface area contributed by atoms with E-state index in [0.717, 1.165) is 6.42 Å². The minimum Gasteiger partial charge on any atom is -0.481 e. The van der Waals surface area contributed by atoms with E-state index in [0.29, 0.717) is 17.9 Å². The van der Waals surface area contributed by atoms with Crippen molar-refractivity contribution >= 4 is 11.9 Å². The summed E-state index contributed by atoms with van der Waals surface area (Å²) in [6, 6.07) is 9.09. The Morgan fingerprint density at radius 1 is 1.17 bits per heavy atom. The standard InChI is InChI=1S/C19H27NO3/c1-19(18(22)23,16-10-6-3-7-11-16)14-20-17(21)13-12-15-8-4-2-5-9-15/h3,6-7,10-11,15H,2,4-5,8-9,12-14H2,1H3,(H,20,21)(H,22,23). The predicted molar refractivity (Wildman–Crippen MR) is 90.2 cm³/mol. The topological polar surface area (TPSA) is 66.4 Å². The second-order valence-electron chi connectivity index (χ2n) is 6.82. The maximum Gasteiger partial charge on any atom is 0.315 e. The van der Waals surface area contributed by atoms with Gasteiger partial charge in [0.25, 0.3) is 0 Å². The average molecular weight is 317 g/mol. The molecule has 0 aliphatic heterocycles. The molecule has 0 aromatic heterocycles. The van der Waals surface area contributed by atoms with E-state index in [1.54, 1.807) is 19.1 Å². The first-order chi connectivity index (χ1) is 11.0. The van der Waals surface area contributed by atoms with Crippen LogP contribution in [0.5, 0.6) is 0 Å². The highest BCUT2D eigenvalue weighted by Gasteiger charge is 2.35. The van der Waals surface area contributed by atoms with Crippen LogP contribution >= 0.6 is 0 Å². The van der Waals surface area contributed by atoms with Crippen molar-refractivity contribution in [1.82, 2.24) is 5.32 Å². The van der Waals surface area contributed by atoms with Crippen LogP contribution in [0.2, 0.25) is 0 Å². The lowest BCUT2D eigenvalue weighted by atomic mass is 9.82. The highest BCUT2D eigenvalue weighted by atomic mass is 16.4. The fourth-order valence-corrected chi connectivity index (χ4v) is 3.28. The lowest BCUT2D eigenvalue weighted by Gasteiger charge is -2.26. The summed E-state index contributed by atoms with van der Waals surface area (Å²) in [5.41, 5.74) is -0.387. The molecule has 4 heteroatoms. The summed E-state index contributed by atoms with van der Waals surface area (Å²) in [5.74, 6) is -0.301. The molecule has 0 spiro atoms. The summed E-state index contributed by atoms with van der Waals surface area (Å²) >= 11 is 0. The van der Waals surface area contributed by atoms with Gasteiger partial charge in [-0.15, -0.1) is 0 Å². The third-order valence-electron chi connectivity index (χ3n) is 5.03. The summed E-state index contributed by atoms with van der Waals surface area (Å²) in [7, 11) is 0. The van der Waals surface area contributed by atoms with Gasteiger partial charge in [0.15, 0.2) is 0 Å². The Kier molecular flexibility index (Phi) is 6.20. The van der Waals surface area contributed by atoms with Crippen LogP contribution in [-0.4, -0.2) is 23.5 Å². The Bertz CT molecular complexity index is 523. The molecule has 1 fully saturated rings. The number of hydrogen-bond acceptors (Lipinski definition) is 2. The minimum absolute atomic E-state index is 0.0426. The molecule has 1 aliphatic rings. The molecule has 23 heavy (non-hydrogen) atoms. The fourth-order valence-electron chi connectivity index (χ4n) is 3.28. The Morgan fingerprint density at radius 3 is 2.43 bits per heavy atom. The molecule has 1 aliphatic carbocycles. The van der Waals surface area contributed by atoms with Crippen molar-refractivity contribution in [3.63, 3.8) is 0 Å². The largest absolute Gasteiger partial charge is 0.481 e. The van der Waals surface area contributed by atoms with Crippen molar-refractivity contribution in [2.45, 2.75) is 57.3 Å². The second-order valence-corrected chi connectivity index (χ2v) is 6.82. The third-order valence-corrected chi connectivity index (χ3v) is 5.03. The van der Waals surface area contributed by atoms with Gasteiger partial charge in [0.1, 0.15) is 5.41 Å². The molecule has 126 valence electrons. The summed E-state index contributed by atoms with van der Waals surface area (Å²) in [4.78, 5) is 23.8. The number of carbonyl (C=O) groups excluding carboxylic acids is 1. The Morgan fingerprint density at radius 2 is 1.83 bits per heavy atom. The summed E-state index contributed by atoms with van der Waals surface area (Å²) in [6.07, 6.45) is 7.73. The van der Waals surface area contributed by atoms with Gasteiger partial charge in [-0.25, -0.2) is 0 Å². The summed E-state index contributed by atoms with van der Waals surface area (Å²) in [5, 5.41) is 12.4. The molecule has 4 nitrogen and oxygen atoms in total. The molecule has 1 aromatic rings. The fraction of sp³-hybridized carbons (Fsp3) is 0.579. The second kappa shape index (κ2) is 8.14. The van der Waals surface area contributed by atoms with Crippen molar-refractivity contribution in [3.05, 3.63) is 35.9 Å². The van der Waals surface area contributed by atoms with Crippen LogP contribution in [0.25, 0.3) is 0 Å². The Labute approximate surface area is 138 Å². The molecule has 0 heterocycles. The molecular weight excluding hydrogens is 290 g/mol. The van der Waals surface area contributed by atoms with E-state index in [1.807, 2.05) is 18.2 Å². The van der Waals surface area contributed by atoms with Gasteiger partial charge in [-0.2, -0.15) is 0 Å². The quantitative estimate of drug-likeness (QED) is 0.809. The van der Waals surface area contributed by atoms with Crippen molar-refractivity contribution in [2.75, 3.05) is 6.54 Å². The average Bonchev–Trinajstić information content (AvgIpc) is 2.59. The molecule has 1 amide bonds. The van der Waals surface area contributed by atoms with E-state index < -0.39 is 11.4 Å². The highest BCUT2D eigenvalue weighted by Crippen LogP contribution is 2.27. The van der Waals surface area contributed by atoms with E-state index in [1.165, 1.54) is 32.1 Å². The number of carbonyl (C=O) groups is 2. The zero-order valence-electron chi connectivity index (χ0n) is 13.9. The third kappa shape index (κ3) is 4.81. The number of carboxylic acid groups (broad SMARTS) is 1. The molecule has 0 bridgehead atoms. The van der Waals surface area contributed by atoms with Crippen molar-refractivity contribution in [3.8, 4) is 0 Å². The Hall–Kier alpha value is -1.84. The highest BCUT2D eigenvalue weighted by molar-refractivity contribution is 5.83. The van der Waals surface area contributed by atoms with Gasteiger partial charge in [0.05, 0.1) is 0 Å². The minimum atomic E-state index is -1.10. The van der Waals surface area contributed by atoms with E-state index in [2.05, 4.69) is 5.32 Å². The lowest BCUT2D eigenvalue weighted by molar-refractivity contribution is -0.143. The number of benzene rings is 1. The van der Waals surface area contributed by atoms with Crippen LogP contribution in [-0.2, 0) is 15.0 Å². The van der Waals surface area contributed by atoms with Gasteiger partial charge in [-0.3, -0.25) is 9.59 Å². The van der Waals surface area contributed by atoms with Crippen LogP contribution in [0, 0.1) is 5.92 Å². The lowest BCUT2D eigenvalue weighted by Crippen LogP contribution is -2.44. The monoisotopic (exact) mass is 317 g/mol. The first-order valence-electron chi connectivity index (χ1n) is 8.58. The molecule has 0 radical (unpaired) electrons. The SMILES string of the molecule is CC(CNC(=O)CCC1CCCCC1)(C(=O)O)c1ccccc1. The van der Waals surface area contributed by atoms with E-state index in [-0.39, 0.29) is 12.5 Å². The van der Waals surface area contributed by atoms with Crippen LogP contribution < -0.4 is 5.32 Å². The Balaban J connectivity index is 1.86. The van der Waals surface area contributed by atoms with E-state index in [9.17, 15) is 14.7 Å². The number of nitrogens with one attached hydrogen (secondary N) is 1. The number of amides is 1. The molecule has 1 saturated carbocycles. The van der Waals surface area contributed by atoms with Gasteiger partial charge in [-0.1, -0.05) is 62.4 Å². The number of carboxylic acids is 1. The number of aliphatic carboxylic acids is 1. The first kappa shape index (κ1) is 17.5. The molecular formula is C19H27NO3. The summed E-state index contributed by atoms with van der Waals surface area (Å²) < 4.78 is 0. The predicted octanol–water partition coefficient (Wildman–Crippen LogP) is 3.51. The molecule has 2 N–H and O–H groups in total. The molecule has 1 aromatic carbocycles. The van der Waals surface area contributed by atoms with Crippen molar-refractivity contribution in [2.24, 2.45) is 5.92 Å². The molecule has 1 atom stereocenters. The van der Waals surface area contributed by atoms with E-state index in [4.69, 9.17) is 0 Å². The normalized spacial score (nSPS) is 18.1. The van der Waals surface area contributed by atoms with Crippen LogP contribution in [0.3, 0.4) is 0 Å². The first-order valence-corrected chi connectivity index (χ1v) is 8.58. The van der Waals surface area contributed by atoms with Gasteiger partial charge in [0.2, 0.25) is 5.91 Å². The van der Waals surface area contributed by atoms with Crippen LogP contribution in [0.15, 0.2) is 30.3 Å². The van der Waals surface area contributed by atoms with Crippen LogP contribution in [0.4, 0.5) is 0 Å². The summed E-state index contributed by atoms with van der Waals surface area (Å²) in [6.45, 7) is 1.78. The van der Waals surface area contributed by atoms with Crippen molar-refractivity contribution < 1.29 is 14.7 Å². The number of hydrogen-bond donors (Lipinski definition) is 2. The zero-order valence-corrected chi connectivity index (χ0v) is 13.9. The van der Waals surface area contributed by atoms with Gasteiger partial charge in [-0.05, 0) is 24.8 Å². The zero-order chi connectivity index (χ0) is 16.7. The van der Waals surface area contributed by atoms with Gasteiger partial charge < -0.3 is 10.4 Å². The van der Waals surface area contributed by atoms with Gasteiger partial charge in [0, 0.05) is 13.0 Å². The molecule has 2 rings (SSSR count). The van der Waals surface area contributed by atoms with Gasteiger partial charge >= 0.3 is 5.97 Å². The van der Waals surface area contributed by atoms with Crippen molar-refractivity contribution in [1.29, 1.82) is 0 Å². The maximum absolute atomic E-state index is 12.1. The molecule has 0 saturated heterocycles. The smallest absolute Gasteiger partial charge is 0.315 e. The number of rotatable bonds is 7. The van der Waals surface area contributed by atoms with E-state index >= 15 is 0 Å². The van der Waals surface area contributed by atoms with Crippen LogP contribution in [0.1, 0.15) is 57.4 Å². The molecule has 1 unspecified atom stereocenters. The maximum atomic E-state index is 12.1.